The monoisotopic (exact) mass is 206 g/mol. The molecule has 1 aromatic rings. The summed E-state index contributed by atoms with van der Waals surface area (Å²) >= 11 is 0. The Morgan fingerprint density at radius 2 is 2.13 bits per heavy atom. The van der Waals surface area contributed by atoms with E-state index in [1.54, 1.807) is 6.07 Å². The smallest absolute Gasteiger partial charge is 0.250 e. The molecule has 1 aliphatic rings. The molecule has 0 unspecified atom stereocenters. The molecule has 2 rings (SSSR count). The van der Waals surface area contributed by atoms with Crippen molar-refractivity contribution in [3.05, 3.63) is 28.4 Å². The molecule has 82 valence electrons. The van der Waals surface area contributed by atoms with Crippen LogP contribution in [0.2, 0.25) is 0 Å². The first-order valence-electron chi connectivity index (χ1n) is 5.88. The Bertz CT molecular complexity index is 353. The number of nitrogens with zero attached hydrogens (tertiary/aromatic N) is 1. The average Bonchev–Trinajstić information content (AvgIpc) is 2.28. The van der Waals surface area contributed by atoms with E-state index in [-0.39, 0.29) is 5.56 Å². The number of hydrogen-bond donors (Lipinski definition) is 1. The van der Waals surface area contributed by atoms with E-state index < -0.39 is 0 Å². The Morgan fingerprint density at radius 3 is 2.87 bits per heavy atom. The molecule has 1 fully saturated rings. The van der Waals surface area contributed by atoms with Crippen molar-refractivity contribution in [2.75, 3.05) is 0 Å². The molecular formula is C12H18N2O. The van der Waals surface area contributed by atoms with Crippen LogP contribution in [0.1, 0.15) is 44.2 Å². The molecule has 0 bridgehead atoms. The van der Waals surface area contributed by atoms with Crippen molar-refractivity contribution in [2.24, 2.45) is 5.92 Å². The van der Waals surface area contributed by atoms with E-state index in [2.05, 4.69) is 9.97 Å². The molecule has 0 spiro atoms. The zero-order valence-corrected chi connectivity index (χ0v) is 9.04. The van der Waals surface area contributed by atoms with E-state index in [0.29, 0.717) is 0 Å². The van der Waals surface area contributed by atoms with Gasteiger partial charge in [-0.15, -0.1) is 0 Å². The van der Waals surface area contributed by atoms with Gasteiger partial charge in [0.25, 0.3) is 5.56 Å². The van der Waals surface area contributed by atoms with Crippen LogP contribution in [-0.4, -0.2) is 9.97 Å². The van der Waals surface area contributed by atoms with Gasteiger partial charge in [-0.2, -0.15) is 0 Å². The predicted molar refractivity (Wildman–Crippen MR) is 59.8 cm³/mol. The zero-order chi connectivity index (χ0) is 10.5. The summed E-state index contributed by atoms with van der Waals surface area (Å²) in [5.41, 5.74) is 0.896. The number of aryl methyl sites for hydroxylation is 1. The quantitative estimate of drug-likeness (QED) is 0.824. The highest BCUT2D eigenvalue weighted by Crippen LogP contribution is 2.26. The fourth-order valence-electron chi connectivity index (χ4n) is 2.37. The van der Waals surface area contributed by atoms with Crippen LogP contribution in [0.25, 0.3) is 0 Å². The summed E-state index contributed by atoms with van der Waals surface area (Å²) in [6, 6.07) is 1.61. The Kier molecular flexibility index (Phi) is 3.54. The van der Waals surface area contributed by atoms with Gasteiger partial charge < -0.3 is 4.98 Å². The van der Waals surface area contributed by atoms with Gasteiger partial charge in [-0.25, -0.2) is 4.98 Å². The van der Waals surface area contributed by atoms with Gasteiger partial charge in [-0.3, -0.25) is 4.79 Å². The van der Waals surface area contributed by atoms with Crippen LogP contribution < -0.4 is 5.56 Å². The second kappa shape index (κ2) is 5.10. The molecule has 1 N–H and O–H groups in total. The Labute approximate surface area is 89.9 Å². The fraction of sp³-hybridized carbons (Fsp3) is 0.667. The van der Waals surface area contributed by atoms with Crippen molar-refractivity contribution >= 4 is 0 Å². The molecule has 0 aromatic carbocycles. The lowest BCUT2D eigenvalue weighted by Gasteiger charge is -2.20. The van der Waals surface area contributed by atoms with Gasteiger partial charge in [0.1, 0.15) is 0 Å². The Hall–Kier alpha value is -1.12. The molecule has 1 aliphatic carbocycles. The zero-order valence-electron chi connectivity index (χ0n) is 9.04. The molecule has 1 aromatic heterocycles. The van der Waals surface area contributed by atoms with E-state index >= 15 is 0 Å². The van der Waals surface area contributed by atoms with Crippen molar-refractivity contribution < 1.29 is 0 Å². The van der Waals surface area contributed by atoms with Gasteiger partial charge in [0.05, 0.1) is 6.33 Å². The SMILES string of the molecule is O=c1cc(CCC2CCCCC2)nc[nH]1. The van der Waals surface area contributed by atoms with Gasteiger partial charge >= 0.3 is 0 Å². The molecule has 0 saturated heterocycles. The topological polar surface area (TPSA) is 45.8 Å². The highest BCUT2D eigenvalue weighted by Gasteiger charge is 2.13. The number of aromatic amines is 1. The van der Waals surface area contributed by atoms with Gasteiger partial charge in [0, 0.05) is 11.8 Å². The van der Waals surface area contributed by atoms with Crippen molar-refractivity contribution in [3.8, 4) is 0 Å². The maximum Gasteiger partial charge on any atom is 0.250 e. The molecule has 0 atom stereocenters. The summed E-state index contributed by atoms with van der Waals surface area (Å²) in [7, 11) is 0. The minimum Gasteiger partial charge on any atom is -0.313 e. The average molecular weight is 206 g/mol. The minimum absolute atomic E-state index is 0.0383. The molecule has 0 amide bonds. The van der Waals surface area contributed by atoms with Gasteiger partial charge in [-0.1, -0.05) is 32.1 Å². The Balaban J connectivity index is 1.84. The lowest BCUT2D eigenvalue weighted by atomic mass is 9.86. The maximum absolute atomic E-state index is 11.0. The number of H-pyrrole nitrogens is 1. The second-order valence-corrected chi connectivity index (χ2v) is 4.45. The van der Waals surface area contributed by atoms with Crippen LogP contribution in [0.4, 0.5) is 0 Å². The lowest BCUT2D eigenvalue weighted by molar-refractivity contribution is 0.338. The van der Waals surface area contributed by atoms with E-state index in [0.717, 1.165) is 18.0 Å². The normalized spacial score (nSPS) is 17.9. The van der Waals surface area contributed by atoms with E-state index in [1.165, 1.54) is 44.9 Å². The van der Waals surface area contributed by atoms with Crippen LogP contribution in [-0.2, 0) is 6.42 Å². The van der Waals surface area contributed by atoms with Crippen molar-refractivity contribution in [1.29, 1.82) is 0 Å². The van der Waals surface area contributed by atoms with Crippen molar-refractivity contribution in [1.82, 2.24) is 9.97 Å². The summed E-state index contributed by atoms with van der Waals surface area (Å²) in [4.78, 5) is 17.8. The summed E-state index contributed by atoms with van der Waals surface area (Å²) in [5.74, 6) is 0.861. The Morgan fingerprint density at radius 1 is 1.33 bits per heavy atom. The van der Waals surface area contributed by atoms with Crippen molar-refractivity contribution in [2.45, 2.75) is 44.9 Å². The first kappa shape index (κ1) is 10.4. The molecule has 3 nitrogen and oxygen atoms in total. The molecule has 0 radical (unpaired) electrons. The first-order chi connectivity index (χ1) is 7.34. The third-order valence-electron chi connectivity index (χ3n) is 3.27. The highest BCUT2D eigenvalue weighted by atomic mass is 16.1. The molecule has 0 aliphatic heterocycles. The summed E-state index contributed by atoms with van der Waals surface area (Å²) in [6.45, 7) is 0. The largest absolute Gasteiger partial charge is 0.313 e. The van der Waals surface area contributed by atoms with Gasteiger partial charge in [-0.05, 0) is 18.8 Å². The van der Waals surface area contributed by atoms with Crippen molar-refractivity contribution in [3.63, 3.8) is 0 Å². The van der Waals surface area contributed by atoms with Crippen LogP contribution in [0, 0.1) is 5.92 Å². The number of rotatable bonds is 3. The lowest BCUT2D eigenvalue weighted by Crippen LogP contribution is -2.10. The maximum atomic E-state index is 11.0. The summed E-state index contributed by atoms with van der Waals surface area (Å²) in [6.07, 6.45) is 10.5. The highest BCUT2D eigenvalue weighted by molar-refractivity contribution is 4.98. The van der Waals surface area contributed by atoms with E-state index in [9.17, 15) is 4.79 Å². The van der Waals surface area contributed by atoms with E-state index in [1.807, 2.05) is 0 Å². The third kappa shape index (κ3) is 3.18. The third-order valence-corrected chi connectivity index (χ3v) is 3.27. The number of nitrogens with one attached hydrogen (secondary N) is 1. The predicted octanol–water partition coefficient (Wildman–Crippen LogP) is 2.28. The molecule has 3 heteroatoms. The fourth-order valence-corrected chi connectivity index (χ4v) is 2.37. The van der Waals surface area contributed by atoms with Gasteiger partial charge in [0.15, 0.2) is 0 Å². The molecule has 1 heterocycles. The van der Waals surface area contributed by atoms with Gasteiger partial charge in [0.2, 0.25) is 0 Å². The standard InChI is InChI=1S/C12H18N2O/c15-12-8-11(13-9-14-12)7-6-10-4-2-1-3-5-10/h8-10H,1-7H2,(H,13,14,15). The molecule has 15 heavy (non-hydrogen) atoms. The van der Waals surface area contributed by atoms with Crippen LogP contribution in [0.5, 0.6) is 0 Å². The molecule has 1 saturated carbocycles. The summed E-state index contributed by atoms with van der Waals surface area (Å²) < 4.78 is 0. The van der Waals surface area contributed by atoms with Crippen LogP contribution >= 0.6 is 0 Å². The first-order valence-corrected chi connectivity index (χ1v) is 5.88. The number of hydrogen-bond acceptors (Lipinski definition) is 2. The van der Waals surface area contributed by atoms with E-state index in [4.69, 9.17) is 0 Å². The van der Waals surface area contributed by atoms with Crippen LogP contribution in [0.3, 0.4) is 0 Å². The minimum atomic E-state index is -0.0383. The van der Waals surface area contributed by atoms with Crippen LogP contribution in [0.15, 0.2) is 17.2 Å². The second-order valence-electron chi connectivity index (χ2n) is 4.45. The molecular weight excluding hydrogens is 188 g/mol. The number of aromatic nitrogens is 2. The summed E-state index contributed by atoms with van der Waals surface area (Å²) in [5, 5.41) is 0.